The molecule has 0 bridgehead atoms. The van der Waals surface area contributed by atoms with Crippen molar-refractivity contribution in [3.63, 3.8) is 0 Å². The predicted octanol–water partition coefficient (Wildman–Crippen LogP) is 2.31. The van der Waals surface area contributed by atoms with E-state index in [4.69, 9.17) is 11.2 Å². The first-order valence-electron chi connectivity index (χ1n) is 3.82. The van der Waals surface area contributed by atoms with Crippen LogP contribution in [0.4, 0.5) is 0 Å². The van der Waals surface area contributed by atoms with E-state index in [0.29, 0.717) is 5.88 Å². The molecule has 0 saturated heterocycles. The number of hydrogen-bond donors (Lipinski definition) is 0. The molecule has 0 saturated carbocycles. The van der Waals surface area contributed by atoms with Crippen LogP contribution in [-0.4, -0.2) is 11.0 Å². The number of benzene rings is 1. The molecule has 2 aromatic rings. The number of terminal acetylenes is 1. The molecule has 64 valence electrons. The summed E-state index contributed by atoms with van der Waals surface area (Å²) >= 11 is 1.42. The highest BCUT2D eigenvalue weighted by atomic mass is 32.1. The standard InChI is InChI=1S/C10H7NOS/c1-2-7-12-10-8-5-3-4-6-9(8)13-11-10/h1,3-6H,7H2. The maximum absolute atomic E-state index is 5.27. The van der Waals surface area contributed by atoms with Gasteiger partial charge in [-0.05, 0) is 23.7 Å². The third kappa shape index (κ3) is 1.49. The van der Waals surface area contributed by atoms with Crippen molar-refractivity contribution >= 4 is 21.6 Å². The highest BCUT2D eigenvalue weighted by Crippen LogP contribution is 2.27. The van der Waals surface area contributed by atoms with Gasteiger partial charge in [-0.3, -0.25) is 0 Å². The number of hydrogen-bond acceptors (Lipinski definition) is 3. The molecule has 0 aliphatic rings. The van der Waals surface area contributed by atoms with Crippen LogP contribution < -0.4 is 4.74 Å². The Morgan fingerprint density at radius 2 is 2.31 bits per heavy atom. The number of aromatic nitrogens is 1. The zero-order chi connectivity index (χ0) is 9.10. The first-order chi connectivity index (χ1) is 6.42. The van der Waals surface area contributed by atoms with E-state index in [1.165, 1.54) is 11.5 Å². The summed E-state index contributed by atoms with van der Waals surface area (Å²) in [6.07, 6.45) is 5.09. The molecule has 1 aromatic carbocycles. The van der Waals surface area contributed by atoms with Crippen molar-refractivity contribution in [3.05, 3.63) is 24.3 Å². The first-order valence-corrected chi connectivity index (χ1v) is 4.60. The number of ether oxygens (including phenoxy) is 1. The molecule has 0 spiro atoms. The Morgan fingerprint density at radius 1 is 1.46 bits per heavy atom. The lowest BCUT2D eigenvalue weighted by Crippen LogP contribution is -1.93. The second-order valence-corrected chi connectivity index (χ2v) is 3.28. The Morgan fingerprint density at radius 3 is 3.15 bits per heavy atom. The first kappa shape index (κ1) is 8.09. The molecule has 0 N–H and O–H groups in total. The second kappa shape index (κ2) is 3.46. The zero-order valence-corrected chi connectivity index (χ0v) is 7.67. The normalized spacial score (nSPS) is 9.77. The smallest absolute Gasteiger partial charge is 0.234 e. The van der Waals surface area contributed by atoms with Crippen molar-refractivity contribution in [2.75, 3.05) is 6.61 Å². The van der Waals surface area contributed by atoms with Gasteiger partial charge in [0, 0.05) is 0 Å². The van der Waals surface area contributed by atoms with Gasteiger partial charge in [-0.2, -0.15) is 4.37 Å². The van der Waals surface area contributed by atoms with Crippen LogP contribution in [0.15, 0.2) is 24.3 Å². The summed E-state index contributed by atoms with van der Waals surface area (Å²) in [6.45, 7) is 0.272. The van der Waals surface area contributed by atoms with Crippen LogP contribution in [0.5, 0.6) is 5.88 Å². The van der Waals surface area contributed by atoms with E-state index in [1.54, 1.807) is 0 Å². The maximum atomic E-state index is 5.27. The lowest BCUT2D eigenvalue weighted by Gasteiger charge is -1.96. The van der Waals surface area contributed by atoms with Crippen molar-refractivity contribution in [2.45, 2.75) is 0 Å². The number of rotatable bonds is 2. The van der Waals surface area contributed by atoms with Gasteiger partial charge in [-0.25, -0.2) is 0 Å². The molecule has 0 radical (unpaired) electrons. The lowest BCUT2D eigenvalue weighted by atomic mass is 10.3. The fourth-order valence-electron chi connectivity index (χ4n) is 1.08. The third-order valence-electron chi connectivity index (χ3n) is 1.64. The summed E-state index contributed by atoms with van der Waals surface area (Å²) in [5.41, 5.74) is 0. The van der Waals surface area contributed by atoms with Crippen LogP contribution >= 0.6 is 11.5 Å². The number of nitrogens with zero attached hydrogens (tertiary/aromatic N) is 1. The Kier molecular flexibility index (Phi) is 2.15. The van der Waals surface area contributed by atoms with Crippen LogP contribution in [0, 0.1) is 12.3 Å². The highest BCUT2D eigenvalue weighted by molar-refractivity contribution is 7.13. The van der Waals surface area contributed by atoms with Crippen molar-refractivity contribution in [1.82, 2.24) is 4.37 Å². The Balaban J connectivity index is 2.41. The molecule has 1 aromatic heterocycles. The summed E-state index contributed by atoms with van der Waals surface area (Å²) in [7, 11) is 0. The van der Waals surface area contributed by atoms with Gasteiger partial charge in [0.15, 0.2) is 6.61 Å². The molecule has 13 heavy (non-hydrogen) atoms. The van der Waals surface area contributed by atoms with Gasteiger partial charge in [0.25, 0.3) is 0 Å². The van der Waals surface area contributed by atoms with Gasteiger partial charge in [-0.15, -0.1) is 6.42 Å². The molecule has 0 aliphatic carbocycles. The van der Waals surface area contributed by atoms with Gasteiger partial charge in [0.05, 0.1) is 10.1 Å². The quantitative estimate of drug-likeness (QED) is 0.676. The zero-order valence-electron chi connectivity index (χ0n) is 6.86. The molecule has 0 aliphatic heterocycles. The van der Waals surface area contributed by atoms with E-state index >= 15 is 0 Å². The van der Waals surface area contributed by atoms with Gasteiger partial charge in [-0.1, -0.05) is 18.1 Å². The Hall–Kier alpha value is -1.53. The summed E-state index contributed by atoms with van der Waals surface area (Å²) in [5, 5.41) is 1.03. The minimum absolute atomic E-state index is 0.272. The second-order valence-electron chi connectivity index (χ2n) is 2.48. The fourth-order valence-corrected chi connectivity index (χ4v) is 1.80. The minimum Gasteiger partial charge on any atom is -0.463 e. The summed E-state index contributed by atoms with van der Waals surface area (Å²) in [6, 6.07) is 7.92. The largest absolute Gasteiger partial charge is 0.463 e. The van der Waals surface area contributed by atoms with Gasteiger partial charge < -0.3 is 4.74 Å². The fraction of sp³-hybridized carbons (Fsp3) is 0.100. The van der Waals surface area contributed by atoms with Gasteiger partial charge in [0.2, 0.25) is 5.88 Å². The predicted molar refractivity (Wildman–Crippen MR) is 53.9 cm³/mol. The monoisotopic (exact) mass is 189 g/mol. The molecule has 2 nitrogen and oxygen atoms in total. The molecule has 0 unspecified atom stereocenters. The molecule has 0 fully saturated rings. The Labute approximate surface area is 80.3 Å². The van der Waals surface area contributed by atoms with Crippen LogP contribution in [-0.2, 0) is 0 Å². The van der Waals surface area contributed by atoms with Crippen LogP contribution in [0.1, 0.15) is 0 Å². The van der Waals surface area contributed by atoms with Crippen molar-refractivity contribution in [1.29, 1.82) is 0 Å². The Bertz CT molecular complexity index is 455. The number of fused-ring (bicyclic) bond motifs is 1. The minimum atomic E-state index is 0.272. The van der Waals surface area contributed by atoms with E-state index in [2.05, 4.69) is 10.3 Å². The van der Waals surface area contributed by atoms with E-state index < -0.39 is 0 Å². The van der Waals surface area contributed by atoms with E-state index in [-0.39, 0.29) is 6.61 Å². The summed E-state index contributed by atoms with van der Waals surface area (Å²) in [5.74, 6) is 3.05. The molecule has 0 atom stereocenters. The lowest BCUT2D eigenvalue weighted by molar-refractivity contribution is 0.364. The highest BCUT2D eigenvalue weighted by Gasteiger charge is 2.04. The molecule has 1 heterocycles. The SMILES string of the molecule is C#CCOc1nsc2ccccc12. The topological polar surface area (TPSA) is 22.1 Å². The van der Waals surface area contributed by atoms with E-state index in [9.17, 15) is 0 Å². The molecular weight excluding hydrogens is 182 g/mol. The summed E-state index contributed by atoms with van der Waals surface area (Å²) < 4.78 is 10.5. The van der Waals surface area contributed by atoms with Crippen molar-refractivity contribution in [2.24, 2.45) is 0 Å². The van der Waals surface area contributed by atoms with E-state index in [1.807, 2.05) is 24.3 Å². The van der Waals surface area contributed by atoms with Gasteiger partial charge in [0.1, 0.15) is 0 Å². The van der Waals surface area contributed by atoms with Crippen LogP contribution in [0.2, 0.25) is 0 Å². The van der Waals surface area contributed by atoms with Crippen LogP contribution in [0.3, 0.4) is 0 Å². The average Bonchev–Trinajstić information content (AvgIpc) is 2.58. The molecule has 0 amide bonds. The molecule has 2 rings (SSSR count). The van der Waals surface area contributed by atoms with Crippen molar-refractivity contribution in [3.8, 4) is 18.2 Å². The third-order valence-corrected chi connectivity index (χ3v) is 2.45. The molecule has 3 heteroatoms. The van der Waals surface area contributed by atoms with Crippen LogP contribution in [0.25, 0.3) is 10.1 Å². The van der Waals surface area contributed by atoms with E-state index in [0.717, 1.165) is 10.1 Å². The average molecular weight is 189 g/mol. The van der Waals surface area contributed by atoms with Gasteiger partial charge >= 0.3 is 0 Å². The summed E-state index contributed by atoms with van der Waals surface area (Å²) in [4.78, 5) is 0. The molecular formula is C10H7NOS. The maximum Gasteiger partial charge on any atom is 0.234 e. The van der Waals surface area contributed by atoms with Crippen molar-refractivity contribution < 1.29 is 4.74 Å².